The fourth-order valence-electron chi connectivity index (χ4n) is 5.73. The number of hydrogen-bond acceptors (Lipinski definition) is 6. The first-order chi connectivity index (χ1) is 28.3. The highest BCUT2D eigenvalue weighted by atomic mass is 16.5. The van der Waals surface area contributed by atoms with E-state index in [1.165, 1.54) is 25.7 Å². The Bertz CT molecular complexity index is 1290. The minimum atomic E-state index is -1.40. The van der Waals surface area contributed by atoms with Gasteiger partial charge in [0.15, 0.2) is 0 Å². The van der Waals surface area contributed by atoms with Crippen LogP contribution in [0.3, 0.4) is 0 Å². The molecule has 0 rings (SSSR count). The van der Waals surface area contributed by atoms with Crippen molar-refractivity contribution in [1.82, 2.24) is 10.6 Å². The summed E-state index contributed by atoms with van der Waals surface area (Å²) in [5.74, 6) is -2.47. The molecule has 0 fully saturated rings. The summed E-state index contributed by atoms with van der Waals surface area (Å²) in [5.41, 5.74) is 0. The Balaban J connectivity index is 4.25. The zero-order chi connectivity index (χ0) is 42.6. The fraction of sp³-hybridized carbons (Fsp3) is 0.592. The van der Waals surface area contributed by atoms with Crippen LogP contribution in [0.5, 0.6) is 0 Å². The number of carbonyl (C=O) groups excluding carboxylic acids is 3. The smallest absolute Gasteiger partial charge is 0.328 e. The van der Waals surface area contributed by atoms with Crippen LogP contribution in [-0.4, -0.2) is 59.3 Å². The largest absolute Gasteiger partial charge is 0.480 e. The van der Waals surface area contributed by atoms with Gasteiger partial charge in [0.1, 0.15) is 12.1 Å². The van der Waals surface area contributed by atoms with Gasteiger partial charge in [0.2, 0.25) is 11.8 Å². The summed E-state index contributed by atoms with van der Waals surface area (Å²) in [6.45, 7) is 3.19. The summed E-state index contributed by atoms with van der Waals surface area (Å²) < 4.78 is 5.88. The van der Waals surface area contributed by atoms with E-state index < -0.39 is 24.5 Å². The van der Waals surface area contributed by atoms with Gasteiger partial charge in [0, 0.05) is 12.8 Å². The van der Waals surface area contributed by atoms with Crippen LogP contribution in [0.25, 0.3) is 0 Å². The van der Waals surface area contributed by atoms with E-state index >= 15 is 0 Å². The molecule has 2 amide bonds. The number of allylic oxidation sites excluding steroid dienone is 15. The van der Waals surface area contributed by atoms with E-state index in [-0.39, 0.29) is 30.9 Å². The molecule has 0 heterocycles. The van der Waals surface area contributed by atoms with E-state index in [1.807, 2.05) is 6.08 Å². The third-order valence-corrected chi connectivity index (χ3v) is 9.06. The molecule has 0 aliphatic rings. The lowest BCUT2D eigenvalue weighted by molar-refractivity contribution is -0.147. The maximum atomic E-state index is 12.7. The molecule has 9 heteroatoms. The van der Waals surface area contributed by atoms with Crippen LogP contribution in [0.2, 0.25) is 0 Å². The van der Waals surface area contributed by atoms with Crippen LogP contribution in [0.4, 0.5) is 0 Å². The zero-order valence-electron chi connectivity index (χ0n) is 36.0. The van der Waals surface area contributed by atoms with Crippen LogP contribution in [0.1, 0.15) is 162 Å². The van der Waals surface area contributed by atoms with Crippen molar-refractivity contribution in [3.63, 3.8) is 0 Å². The molecule has 0 radical (unpaired) electrons. The summed E-state index contributed by atoms with van der Waals surface area (Å²) in [7, 11) is 0. The SMILES string of the molecule is CC/C=C\C/C=C\C/C=C\C/C=C\C/C=C\CCCCCCCCCC(=O)OC(/C=C\C/C=C\C/C=C\CC)CCCCCCC(=O)NCC(=O)NC(CO)C(=O)O. The van der Waals surface area contributed by atoms with Gasteiger partial charge in [0.05, 0.1) is 13.2 Å². The maximum absolute atomic E-state index is 12.7. The number of carboxylic acids is 1. The zero-order valence-corrected chi connectivity index (χ0v) is 36.0. The highest BCUT2D eigenvalue weighted by Crippen LogP contribution is 2.15. The van der Waals surface area contributed by atoms with E-state index in [4.69, 9.17) is 14.9 Å². The van der Waals surface area contributed by atoms with Crippen molar-refractivity contribution in [2.45, 2.75) is 174 Å². The topological polar surface area (TPSA) is 142 Å². The van der Waals surface area contributed by atoms with Crippen LogP contribution in [0, 0.1) is 0 Å². The number of carbonyl (C=O) groups is 4. The third-order valence-electron chi connectivity index (χ3n) is 9.06. The second-order valence-corrected chi connectivity index (χ2v) is 14.4. The van der Waals surface area contributed by atoms with E-state index in [1.54, 1.807) is 0 Å². The third kappa shape index (κ3) is 38.6. The summed E-state index contributed by atoms with van der Waals surface area (Å²) in [6, 6.07) is -1.40. The molecule has 2 atom stereocenters. The molecule has 0 aromatic carbocycles. The van der Waals surface area contributed by atoms with Crippen molar-refractivity contribution in [1.29, 1.82) is 0 Å². The molecule has 9 nitrogen and oxygen atoms in total. The van der Waals surface area contributed by atoms with Gasteiger partial charge in [-0.1, -0.05) is 150 Å². The second kappa shape index (κ2) is 42.4. The molecule has 0 bridgehead atoms. The van der Waals surface area contributed by atoms with Gasteiger partial charge < -0.3 is 25.6 Å². The summed E-state index contributed by atoms with van der Waals surface area (Å²) in [6.07, 6.45) is 56.1. The first kappa shape index (κ1) is 53.8. The number of unbranched alkanes of at least 4 members (excludes halogenated alkanes) is 10. The van der Waals surface area contributed by atoms with E-state index in [2.05, 4.69) is 116 Å². The molecule has 2 unspecified atom stereocenters. The van der Waals surface area contributed by atoms with Gasteiger partial charge in [0.25, 0.3) is 0 Å². The number of ether oxygens (including phenoxy) is 1. The summed E-state index contributed by atoms with van der Waals surface area (Å²) >= 11 is 0. The normalized spacial score (nSPS) is 13.4. The predicted molar refractivity (Wildman–Crippen MR) is 240 cm³/mol. The monoisotopic (exact) mass is 807 g/mol. The van der Waals surface area contributed by atoms with Crippen molar-refractivity contribution in [2.75, 3.05) is 13.2 Å². The maximum Gasteiger partial charge on any atom is 0.328 e. The van der Waals surface area contributed by atoms with Crippen molar-refractivity contribution in [3.8, 4) is 0 Å². The molecule has 0 saturated carbocycles. The van der Waals surface area contributed by atoms with Gasteiger partial charge in [-0.3, -0.25) is 14.4 Å². The van der Waals surface area contributed by atoms with Gasteiger partial charge in [-0.05, 0) is 96.0 Å². The lowest BCUT2D eigenvalue weighted by Gasteiger charge is -2.15. The van der Waals surface area contributed by atoms with Crippen molar-refractivity contribution in [3.05, 3.63) is 97.2 Å². The first-order valence-electron chi connectivity index (χ1n) is 22.1. The molecule has 0 spiro atoms. The van der Waals surface area contributed by atoms with Crippen molar-refractivity contribution < 1.29 is 34.1 Å². The Morgan fingerprint density at radius 2 is 0.983 bits per heavy atom. The molecular weight excluding hydrogens is 729 g/mol. The quantitative estimate of drug-likeness (QED) is 0.0276. The van der Waals surface area contributed by atoms with E-state index in [0.717, 1.165) is 96.3 Å². The molecule has 0 aliphatic heterocycles. The Hall–Kier alpha value is -4.24. The van der Waals surface area contributed by atoms with Crippen molar-refractivity contribution in [2.24, 2.45) is 0 Å². The molecule has 4 N–H and O–H groups in total. The minimum Gasteiger partial charge on any atom is -0.480 e. The first-order valence-corrected chi connectivity index (χ1v) is 22.1. The molecule has 58 heavy (non-hydrogen) atoms. The number of aliphatic hydroxyl groups excluding tert-OH is 1. The number of hydrogen-bond donors (Lipinski definition) is 4. The van der Waals surface area contributed by atoms with Crippen molar-refractivity contribution >= 4 is 23.8 Å². The van der Waals surface area contributed by atoms with Crippen LogP contribution in [0.15, 0.2) is 97.2 Å². The number of esters is 1. The van der Waals surface area contributed by atoms with Gasteiger partial charge in [-0.25, -0.2) is 4.79 Å². The minimum absolute atomic E-state index is 0.152. The Morgan fingerprint density at radius 3 is 1.50 bits per heavy atom. The highest BCUT2D eigenvalue weighted by molar-refractivity contribution is 5.87. The average Bonchev–Trinajstić information content (AvgIpc) is 3.21. The summed E-state index contributed by atoms with van der Waals surface area (Å²) in [4.78, 5) is 47.5. The number of aliphatic carboxylic acids is 1. The predicted octanol–water partition coefficient (Wildman–Crippen LogP) is 11.0. The molecule has 0 saturated heterocycles. The standard InChI is InChI=1S/C49H78N2O7/c1-3-5-7-9-11-13-14-15-16-17-18-19-20-21-22-23-24-25-26-27-29-31-37-41-48(55)58-44(38-34-30-28-12-10-8-6-4-2)39-35-32-33-36-40-46(53)50-42-47(54)51-45(43-52)49(56)57/h5-8,11-13,15-16,18-19,21-22,28,34,38,44-45,52H,3-4,9-10,14,17,20,23-27,29-33,35-37,39-43H2,1-2H3,(H,50,53)(H,51,54)(H,56,57)/b7-5-,8-6-,13-11-,16-15-,19-18-,22-21-,28-12-,38-34-. The van der Waals surface area contributed by atoms with Gasteiger partial charge in [-0.2, -0.15) is 0 Å². The Labute approximate surface area is 351 Å². The number of rotatable bonds is 38. The Kier molecular flexibility index (Phi) is 39.3. The van der Waals surface area contributed by atoms with Gasteiger partial charge >= 0.3 is 11.9 Å². The number of carboxylic acid groups (broad SMARTS) is 1. The molecule has 0 aromatic heterocycles. The van der Waals surface area contributed by atoms with Crippen LogP contribution < -0.4 is 10.6 Å². The van der Waals surface area contributed by atoms with E-state index in [0.29, 0.717) is 19.3 Å². The lowest BCUT2D eigenvalue weighted by Crippen LogP contribution is -2.47. The molecular formula is C49H78N2O7. The van der Waals surface area contributed by atoms with Crippen LogP contribution in [-0.2, 0) is 23.9 Å². The number of nitrogens with one attached hydrogen (secondary N) is 2. The number of aliphatic hydroxyl groups is 1. The second-order valence-electron chi connectivity index (χ2n) is 14.4. The highest BCUT2D eigenvalue weighted by Gasteiger charge is 2.18. The lowest BCUT2D eigenvalue weighted by atomic mass is 10.1. The van der Waals surface area contributed by atoms with E-state index in [9.17, 15) is 19.2 Å². The molecule has 0 aromatic rings. The molecule has 326 valence electrons. The van der Waals surface area contributed by atoms with Crippen LogP contribution >= 0.6 is 0 Å². The fourth-order valence-corrected chi connectivity index (χ4v) is 5.73. The average molecular weight is 807 g/mol. The summed E-state index contributed by atoms with van der Waals surface area (Å²) in [5, 5.41) is 22.5. The van der Waals surface area contributed by atoms with Gasteiger partial charge in [-0.15, -0.1) is 0 Å². The number of amides is 2. The molecule has 0 aliphatic carbocycles. The Morgan fingerprint density at radius 1 is 0.534 bits per heavy atom.